The Bertz CT molecular complexity index is 833. The monoisotopic (exact) mass is 297 g/mol. The molecule has 0 bridgehead atoms. The normalized spacial score (nSPS) is 10.5. The molecule has 0 saturated carbocycles. The number of nitrogens with zero attached hydrogens (tertiary/aromatic N) is 1. The Kier molecular flexibility index (Phi) is 3.46. The number of ether oxygens (including phenoxy) is 1. The van der Waals surface area contributed by atoms with Gasteiger partial charge in [0.2, 0.25) is 5.88 Å². The average molecular weight is 298 g/mol. The zero-order valence-corrected chi connectivity index (χ0v) is 11.8. The van der Waals surface area contributed by atoms with Crippen LogP contribution in [0.15, 0.2) is 54.7 Å². The molecule has 0 fully saturated rings. The van der Waals surface area contributed by atoms with Crippen LogP contribution in [-0.4, -0.2) is 10.8 Å². The standard InChI is InChI=1S/C16H12ClN3O/c17-13-5-6-14(12-4-2-1-3-11(12)13)21-15-9-10(16(18)19)7-8-20-15/h1-9H,(H3,18,19). The van der Waals surface area contributed by atoms with E-state index >= 15 is 0 Å². The van der Waals surface area contributed by atoms with Crippen LogP contribution in [0.2, 0.25) is 5.02 Å². The molecule has 0 amide bonds. The molecule has 3 N–H and O–H groups in total. The number of aromatic nitrogens is 1. The molecule has 1 heterocycles. The van der Waals surface area contributed by atoms with E-state index in [0.717, 1.165) is 10.8 Å². The third-order valence-electron chi connectivity index (χ3n) is 3.09. The maximum absolute atomic E-state index is 7.45. The lowest BCUT2D eigenvalue weighted by Crippen LogP contribution is -2.11. The first-order valence-corrected chi connectivity index (χ1v) is 6.68. The topological polar surface area (TPSA) is 72.0 Å². The molecule has 0 aliphatic carbocycles. The van der Waals surface area contributed by atoms with Crippen molar-refractivity contribution in [2.75, 3.05) is 0 Å². The quantitative estimate of drug-likeness (QED) is 0.567. The Balaban J connectivity index is 2.04. The molecule has 5 heteroatoms. The maximum Gasteiger partial charge on any atom is 0.219 e. The molecule has 2 aromatic carbocycles. The summed E-state index contributed by atoms with van der Waals surface area (Å²) in [6, 6.07) is 14.6. The lowest BCUT2D eigenvalue weighted by Gasteiger charge is -2.10. The molecule has 0 aliphatic heterocycles. The van der Waals surface area contributed by atoms with Crippen molar-refractivity contribution in [3.05, 3.63) is 65.3 Å². The minimum Gasteiger partial charge on any atom is -0.438 e. The number of amidine groups is 1. The highest BCUT2D eigenvalue weighted by Gasteiger charge is 2.08. The fourth-order valence-corrected chi connectivity index (χ4v) is 2.30. The van der Waals surface area contributed by atoms with Crippen LogP contribution in [0.1, 0.15) is 5.56 Å². The second kappa shape index (κ2) is 5.42. The van der Waals surface area contributed by atoms with E-state index in [2.05, 4.69) is 4.98 Å². The van der Waals surface area contributed by atoms with Crippen molar-refractivity contribution in [2.24, 2.45) is 5.73 Å². The predicted molar refractivity (Wildman–Crippen MR) is 84.3 cm³/mol. The van der Waals surface area contributed by atoms with Gasteiger partial charge in [0.1, 0.15) is 11.6 Å². The van der Waals surface area contributed by atoms with Crippen molar-refractivity contribution in [3.63, 3.8) is 0 Å². The van der Waals surface area contributed by atoms with Crippen molar-refractivity contribution in [1.82, 2.24) is 4.98 Å². The third kappa shape index (κ3) is 2.66. The number of nitrogens with two attached hydrogens (primary N) is 1. The summed E-state index contributed by atoms with van der Waals surface area (Å²) in [5.74, 6) is 1.02. The summed E-state index contributed by atoms with van der Waals surface area (Å²) in [6.45, 7) is 0. The van der Waals surface area contributed by atoms with Crippen LogP contribution in [0.4, 0.5) is 0 Å². The van der Waals surface area contributed by atoms with Gasteiger partial charge in [0, 0.05) is 33.6 Å². The molecular formula is C16H12ClN3O. The lowest BCUT2D eigenvalue weighted by molar-refractivity contribution is 0.468. The van der Waals surface area contributed by atoms with E-state index in [9.17, 15) is 0 Å². The number of rotatable bonds is 3. The molecule has 0 unspecified atom stereocenters. The molecule has 0 radical (unpaired) electrons. The first kappa shape index (κ1) is 13.4. The number of hydrogen-bond acceptors (Lipinski definition) is 3. The van der Waals surface area contributed by atoms with Crippen molar-refractivity contribution < 1.29 is 4.74 Å². The fourth-order valence-electron chi connectivity index (χ4n) is 2.07. The second-order valence-electron chi connectivity index (χ2n) is 4.49. The first-order chi connectivity index (χ1) is 10.1. The van der Waals surface area contributed by atoms with Gasteiger partial charge < -0.3 is 10.5 Å². The van der Waals surface area contributed by atoms with Gasteiger partial charge in [-0.1, -0.05) is 35.9 Å². The molecule has 0 saturated heterocycles. The summed E-state index contributed by atoms with van der Waals surface area (Å²) >= 11 is 6.18. The molecular weight excluding hydrogens is 286 g/mol. The van der Waals surface area contributed by atoms with Crippen LogP contribution in [-0.2, 0) is 0 Å². The van der Waals surface area contributed by atoms with Gasteiger partial charge in [-0.2, -0.15) is 0 Å². The average Bonchev–Trinajstić information content (AvgIpc) is 2.51. The maximum atomic E-state index is 7.45. The number of nitrogen functional groups attached to an aromatic ring is 1. The van der Waals surface area contributed by atoms with E-state index in [0.29, 0.717) is 22.2 Å². The molecule has 4 nitrogen and oxygen atoms in total. The summed E-state index contributed by atoms with van der Waals surface area (Å²) in [4.78, 5) is 4.14. The fraction of sp³-hybridized carbons (Fsp3) is 0. The van der Waals surface area contributed by atoms with Gasteiger partial charge >= 0.3 is 0 Å². The Morgan fingerprint density at radius 1 is 1.10 bits per heavy atom. The minimum atomic E-state index is -0.0248. The number of nitrogens with one attached hydrogen (secondary N) is 1. The summed E-state index contributed by atoms with van der Waals surface area (Å²) in [5.41, 5.74) is 6.04. The summed E-state index contributed by atoms with van der Waals surface area (Å²) < 4.78 is 5.82. The minimum absolute atomic E-state index is 0.0248. The van der Waals surface area contributed by atoms with E-state index in [1.165, 1.54) is 0 Å². The van der Waals surface area contributed by atoms with Crippen molar-refractivity contribution in [1.29, 1.82) is 5.41 Å². The van der Waals surface area contributed by atoms with Gasteiger partial charge in [-0.25, -0.2) is 4.98 Å². The van der Waals surface area contributed by atoms with Crippen molar-refractivity contribution >= 4 is 28.2 Å². The summed E-state index contributed by atoms with van der Waals surface area (Å²) in [7, 11) is 0. The molecule has 104 valence electrons. The molecule has 0 spiro atoms. The molecule has 3 aromatic rings. The van der Waals surface area contributed by atoms with Crippen LogP contribution in [0.5, 0.6) is 11.6 Å². The van der Waals surface area contributed by atoms with E-state index in [1.807, 2.05) is 24.3 Å². The highest BCUT2D eigenvalue weighted by atomic mass is 35.5. The van der Waals surface area contributed by atoms with Gasteiger partial charge in [-0.15, -0.1) is 0 Å². The third-order valence-corrected chi connectivity index (χ3v) is 3.42. The molecule has 21 heavy (non-hydrogen) atoms. The molecule has 0 atom stereocenters. The summed E-state index contributed by atoms with van der Waals surface area (Å²) in [6.07, 6.45) is 1.56. The number of fused-ring (bicyclic) bond motifs is 1. The van der Waals surface area contributed by atoms with Crippen LogP contribution >= 0.6 is 11.6 Å². The smallest absolute Gasteiger partial charge is 0.219 e. The Morgan fingerprint density at radius 3 is 2.62 bits per heavy atom. The van der Waals surface area contributed by atoms with E-state index < -0.39 is 0 Å². The van der Waals surface area contributed by atoms with Gasteiger partial charge in [0.25, 0.3) is 0 Å². The van der Waals surface area contributed by atoms with Crippen molar-refractivity contribution in [2.45, 2.75) is 0 Å². The van der Waals surface area contributed by atoms with Gasteiger partial charge in [-0.05, 0) is 18.2 Å². The van der Waals surface area contributed by atoms with Crippen LogP contribution in [0, 0.1) is 5.41 Å². The number of halogens is 1. The molecule has 0 aliphatic rings. The van der Waals surface area contributed by atoms with Gasteiger partial charge in [0.15, 0.2) is 0 Å². The zero-order chi connectivity index (χ0) is 14.8. The largest absolute Gasteiger partial charge is 0.438 e. The van der Waals surface area contributed by atoms with Crippen LogP contribution in [0.25, 0.3) is 10.8 Å². The number of hydrogen-bond donors (Lipinski definition) is 2. The van der Waals surface area contributed by atoms with E-state index in [-0.39, 0.29) is 5.84 Å². The lowest BCUT2D eigenvalue weighted by atomic mass is 10.1. The predicted octanol–water partition coefficient (Wildman–Crippen LogP) is 3.96. The highest BCUT2D eigenvalue weighted by Crippen LogP contribution is 2.33. The van der Waals surface area contributed by atoms with Crippen LogP contribution < -0.4 is 10.5 Å². The SMILES string of the molecule is N=C(N)c1ccnc(Oc2ccc(Cl)c3ccccc23)c1. The van der Waals surface area contributed by atoms with Gasteiger partial charge in [0.05, 0.1) is 0 Å². The highest BCUT2D eigenvalue weighted by molar-refractivity contribution is 6.35. The Labute approximate surface area is 126 Å². The van der Waals surface area contributed by atoms with E-state index in [1.54, 1.807) is 30.5 Å². The first-order valence-electron chi connectivity index (χ1n) is 6.31. The van der Waals surface area contributed by atoms with E-state index in [4.69, 9.17) is 27.5 Å². The number of benzene rings is 2. The number of pyridine rings is 1. The molecule has 3 rings (SSSR count). The molecule has 1 aromatic heterocycles. The van der Waals surface area contributed by atoms with Crippen molar-refractivity contribution in [3.8, 4) is 11.6 Å². The zero-order valence-electron chi connectivity index (χ0n) is 11.0. The second-order valence-corrected chi connectivity index (χ2v) is 4.90. The summed E-state index contributed by atoms with van der Waals surface area (Å²) in [5, 5.41) is 9.94. The van der Waals surface area contributed by atoms with Crippen LogP contribution in [0.3, 0.4) is 0 Å². The van der Waals surface area contributed by atoms with Gasteiger partial charge in [-0.3, -0.25) is 5.41 Å². The Morgan fingerprint density at radius 2 is 1.86 bits per heavy atom. The Hall–Kier alpha value is -2.59.